The molecule has 1 aliphatic heterocycles. The fourth-order valence-electron chi connectivity index (χ4n) is 3.09. The van der Waals surface area contributed by atoms with Gasteiger partial charge in [-0.15, -0.1) is 10.2 Å². The Bertz CT molecular complexity index is 825. The van der Waals surface area contributed by atoms with Crippen LogP contribution in [0.5, 0.6) is 5.75 Å². The van der Waals surface area contributed by atoms with Crippen LogP contribution < -0.4 is 15.4 Å². The van der Waals surface area contributed by atoms with Crippen molar-refractivity contribution in [2.45, 2.75) is 38.6 Å². The topological polar surface area (TPSA) is 96.5 Å². The summed E-state index contributed by atoms with van der Waals surface area (Å²) in [4.78, 5) is 26.6. The Labute approximate surface area is 168 Å². The van der Waals surface area contributed by atoms with E-state index in [2.05, 4.69) is 27.8 Å². The van der Waals surface area contributed by atoms with Gasteiger partial charge in [-0.3, -0.25) is 10.1 Å². The highest BCUT2D eigenvalue weighted by Gasteiger charge is 2.34. The Morgan fingerprint density at radius 2 is 2.21 bits per heavy atom. The molecular formula is C19H25N5O3S. The summed E-state index contributed by atoms with van der Waals surface area (Å²) in [5.74, 6) is 0.505. The monoisotopic (exact) mass is 403 g/mol. The van der Waals surface area contributed by atoms with Crippen LogP contribution in [0.2, 0.25) is 0 Å². The minimum absolute atomic E-state index is 0.180. The lowest BCUT2D eigenvalue weighted by Crippen LogP contribution is -2.47. The van der Waals surface area contributed by atoms with Crippen LogP contribution in [0.3, 0.4) is 0 Å². The third-order valence-corrected chi connectivity index (χ3v) is 5.48. The molecule has 150 valence electrons. The maximum atomic E-state index is 12.7. The number of anilines is 1. The Balaban J connectivity index is 1.62. The number of aromatic nitrogens is 2. The first-order chi connectivity index (χ1) is 13.6. The lowest BCUT2D eigenvalue weighted by Gasteiger charge is -2.23. The molecule has 1 fully saturated rings. The Morgan fingerprint density at radius 3 is 3.00 bits per heavy atom. The van der Waals surface area contributed by atoms with Gasteiger partial charge in [-0.2, -0.15) is 0 Å². The Kier molecular flexibility index (Phi) is 6.80. The molecule has 0 spiro atoms. The third-order valence-electron chi connectivity index (χ3n) is 4.59. The zero-order valence-corrected chi connectivity index (χ0v) is 16.9. The van der Waals surface area contributed by atoms with Crippen LogP contribution in [-0.2, 0) is 4.79 Å². The number of nitrogens with zero attached hydrogens (tertiary/aromatic N) is 3. The highest BCUT2D eigenvalue weighted by atomic mass is 32.1. The second kappa shape index (κ2) is 9.50. The number of ether oxygens (including phenoxy) is 1. The van der Waals surface area contributed by atoms with Crippen LogP contribution in [0.4, 0.5) is 9.93 Å². The predicted octanol–water partition coefficient (Wildman–Crippen LogP) is 3.13. The van der Waals surface area contributed by atoms with Gasteiger partial charge < -0.3 is 15.0 Å². The number of carbonyl (C=O) groups excluding carboxylic acids is 2. The van der Waals surface area contributed by atoms with Gasteiger partial charge in [0.1, 0.15) is 16.8 Å². The molecule has 0 radical (unpaired) electrons. The van der Waals surface area contributed by atoms with E-state index in [0.717, 1.165) is 30.6 Å². The summed E-state index contributed by atoms with van der Waals surface area (Å²) in [5.41, 5.74) is 0.871. The SMILES string of the molecule is CCCCNC(=O)N1CCCC1C(=O)Nc1nnc(-c2cccc(OC)c2)s1. The molecule has 1 atom stereocenters. The number of amides is 3. The largest absolute Gasteiger partial charge is 0.497 e. The number of nitrogens with one attached hydrogen (secondary N) is 2. The Hall–Kier alpha value is -2.68. The number of urea groups is 1. The average molecular weight is 404 g/mol. The van der Waals surface area contributed by atoms with Crippen molar-refractivity contribution in [3.8, 4) is 16.3 Å². The molecule has 1 aromatic carbocycles. The first-order valence-corrected chi connectivity index (χ1v) is 10.3. The smallest absolute Gasteiger partial charge is 0.318 e. The van der Waals surface area contributed by atoms with Crippen molar-refractivity contribution >= 4 is 28.4 Å². The minimum atomic E-state index is -0.481. The maximum Gasteiger partial charge on any atom is 0.318 e. The van der Waals surface area contributed by atoms with E-state index in [1.807, 2.05) is 24.3 Å². The molecule has 2 heterocycles. The van der Waals surface area contributed by atoms with Crippen LogP contribution >= 0.6 is 11.3 Å². The van der Waals surface area contributed by atoms with Crippen molar-refractivity contribution in [2.75, 3.05) is 25.5 Å². The number of hydrogen-bond donors (Lipinski definition) is 2. The van der Waals surface area contributed by atoms with E-state index in [1.54, 1.807) is 12.0 Å². The van der Waals surface area contributed by atoms with Crippen LogP contribution in [-0.4, -0.2) is 53.3 Å². The van der Waals surface area contributed by atoms with Gasteiger partial charge in [0.05, 0.1) is 7.11 Å². The van der Waals surface area contributed by atoms with Crippen molar-refractivity contribution in [3.63, 3.8) is 0 Å². The number of rotatable bonds is 7. The van der Waals surface area contributed by atoms with Crippen molar-refractivity contribution in [1.82, 2.24) is 20.4 Å². The number of likely N-dealkylation sites (tertiary alicyclic amines) is 1. The molecule has 1 saturated heterocycles. The van der Waals surface area contributed by atoms with Crippen LogP contribution in [0, 0.1) is 0 Å². The lowest BCUT2D eigenvalue weighted by atomic mass is 10.2. The van der Waals surface area contributed by atoms with Gasteiger partial charge in [0.25, 0.3) is 0 Å². The summed E-state index contributed by atoms with van der Waals surface area (Å²) < 4.78 is 5.23. The fraction of sp³-hybridized carbons (Fsp3) is 0.474. The fourth-order valence-corrected chi connectivity index (χ4v) is 3.83. The molecule has 3 amide bonds. The number of hydrogen-bond acceptors (Lipinski definition) is 6. The van der Waals surface area contributed by atoms with E-state index >= 15 is 0 Å². The maximum absolute atomic E-state index is 12.7. The van der Waals surface area contributed by atoms with Gasteiger partial charge in [0.2, 0.25) is 11.0 Å². The number of methoxy groups -OCH3 is 1. The molecule has 9 heteroatoms. The molecule has 2 aromatic rings. The molecule has 3 rings (SSSR count). The van der Waals surface area contributed by atoms with Crippen LogP contribution in [0.15, 0.2) is 24.3 Å². The van der Waals surface area contributed by atoms with E-state index in [1.165, 1.54) is 11.3 Å². The molecule has 0 aliphatic carbocycles. The first-order valence-electron chi connectivity index (χ1n) is 9.45. The lowest BCUT2D eigenvalue weighted by molar-refractivity contribution is -0.119. The quantitative estimate of drug-likeness (QED) is 0.693. The van der Waals surface area contributed by atoms with Crippen molar-refractivity contribution in [2.24, 2.45) is 0 Å². The second-order valence-electron chi connectivity index (χ2n) is 6.57. The molecule has 2 N–H and O–H groups in total. The molecular weight excluding hydrogens is 378 g/mol. The highest BCUT2D eigenvalue weighted by molar-refractivity contribution is 7.18. The molecule has 28 heavy (non-hydrogen) atoms. The van der Waals surface area contributed by atoms with Gasteiger partial charge in [-0.05, 0) is 31.4 Å². The average Bonchev–Trinajstić information content (AvgIpc) is 3.38. The van der Waals surface area contributed by atoms with E-state index in [9.17, 15) is 9.59 Å². The second-order valence-corrected chi connectivity index (χ2v) is 7.55. The first kappa shape index (κ1) is 20.1. The van der Waals surface area contributed by atoms with Crippen molar-refractivity contribution < 1.29 is 14.3 Å². The zero-order valence-electron chi connectivity index (χ0n) is 16.1. The molecule has 1 aliphatic rings. The van der Waals surface area contributed by atoms with Crippen LogP contribution in [0.1, 0.15) is 32.6 Å². The van der Waals surface area contributed by atoms with Gasteiger partial charge in [0, 0.05) is 18.7 Å². The summed E-state index contributed by atoms with van der Waals surface area (Å²) >= 11 is 1.29. The van der Waals surface area contributed by atoms with Crippen LogP contribution in [0.25, 0.3) is 10.6 Å². The summed E-state index contributed by atoms with van der Waals surface area (Å²) in [5, 5.41) is 15.0. The number of unbranched alkanes of at least 4 members (excludes halogenated alkanes) is 1. The van der Waals surface area contributed by atoms with E-state index in [0.29, 0.717) is 29.6 Å². The van der Waals surface area contributed by atoms with E-state index in [-0.39, 0.29) is 11.9 Å². The molecule has 0 bridgehead atoms. The molecule has 1 aromatic heterocycles. The number of carbonyl (C=O) groups is 2. The van der Waals surface area contributed by atoms with Gasteiger partial charge in [-0.1, -0.05) is 36.8 Å². The standard InChI is InChI=1S/C19H25N5O3S/c1-3-4-10-20-19(26)24-11-6-9-15(24)16(25)21-18-23-22-17(28-18)13-7-5-8-14(12-13)27-2/h5,7-8,12,15H,3-4,6,9-11H2,1-2H3,(H,20,26)(H,21,23,25). The normalized spacial score (nSPS) is 16.1. The summed E-state index contributed by atoms with van der Waals surface area (Å²) in [6.45, 7) is 3.28. The summed E-state index contributed by atoms with van der Waals surface area (Å²) in [6, 6.07) is 6.85. The highest BCUT2D eigenvalue weighted by Crippen LogP contribution is 2.29. The van der Waals surface area contributed by atoms with Crippen molar-refractivity contribution in [3.05, 3.63) is 24.3 Å². The van der Waals surface area contributed by atoms with Crippen molar-refractivity contribution in [1.29, 1.82) is 0 Å². The predicted molar refractivity (Wildman–Crippen MR) is 109 cm³/mol. The third kappa shape index (κ3) is 4.78. The summed E-state index contributed by atoms with van der Waals surface area (Å²) in [6.07, 6.45) is 3.39. The number of benzene rings is 1. The van der Waals surface area contributed by atoms with Gasteiger partial charge >= 0.3 is 6.03 Å². The van der Waals surface area contributed by atoms with Gasteiger partial charge in [-0.25, -0.2) is 4.79 Å². The zero-order chi connectivity index (χ0) is 19.9. The molecule has 0 saturated carbocycles. The van der Waals surface area contributed by atoms with Gasteiger partial charge in [0.15, 0.2) is 0 Å². The minimum Gasteiger partial charge on any atom is -0.497 e. The molecule has 8 nitrogen and oxygen atoms in total. The van der Waals surface area contributed by atoms with E-state index in [4.69, 9.17) is 4.74 Å². The Morgan fingerprint density at radius 1 is 1.36 bits per heavy atom. The summed E-state index contributed by atoms with van der Waals surface area (Å²) in [7, 11) is 1.61. The molecule has 1 unspecified atom stereocenters. The van der Waals surface area contributed by atoms with E-state index < -0.39 is 6.04 Å².